The number of hydrogen-bond donors (Lipinski definition) is 1. The normalized spacial score (nSPS) is 9.75. The number of carbonyl (C=O) groups excluding carboxylic acids is 1. The molecule has 0 spiro atoms. The maximum absolute atomic E-state index is 11.4. The topological polar surface area (TPSA) is 75.5 Å². The van der Waals surface area contributed by atoms with E-state index in [2.05, 4.69) is 31.0 Å². The van der Waals surface area contributed by atoms with Crippen LogP contribution in [0.5, 0.6) is 0 Å². The smallest absolute Gasteiger partial charge is 0.274 e. The maximum Gasteiger partial charge on any atom is 0.274 e. The first-order valence-corrected chi connectivity index (χ1v) is 8.22. The minimum atomic E-state index is -0.456. The van der Waals surface area contributed by atoms with Crippen molar-refractivity contribution in [3.8, 4) is 0 Å². The number of carbonyl (C=O) groups is 1. The highest BCUT2D eigenvalue weighted by Gasteiger charge is 2.12. The van der Waals surface area contributed by atoms with E-state index in [0.717, 1.165) is 5.57 Å². The molecule has 1 amide bonds. The van der Waals surface area contributed by atoms with Gasteiger partial charge in [0.1, 0.15) is 0 Å². The third-order valence-corrected chi connectivity index (χ3v) is 3.40. The molecule has 0 saturated heterocycles. The molecule has 1 aromatic carbocycles. The molecule has 1 N–H and O–H groups in total. The molecular weight excluding hydrogens is 306 g/mol. The predicted molar refractivity (Wildman–Crippen MR) is 97.8 cm³/mol. The van der Waals surface area contributed by atoms with Crippen molar-refractivity contribution >= 4 is 11.6 Å². The first kappa shape index (κ1) is 21.8. The van der Waals surface area contributed by atoms with Gasteiger partial charge in [-0.05, 0) is 33.5 Å². The third-order valence-electron chi connectivity index (χ3n) is 3.40. The van der Waals surface area contributed by atoms with E-state index in [9.17, 15) is 14.9 Å². The lowest BCUT2D eigenvalue weighted by Crippen LogP contribution is -2.21. The van der Waals surface area contributed by atoms with Gasteiger partial charge in [0.15, 0.2) is 0 Å². The molecule has 0 aliphatic carbocycles. The number of amides is 1. The maximum atomic E-state index is 11.4. The van der Waals surface area contributed by atoms with Gasteiger partial charge in [0.2, 0.25) is 5.91 Å². The average Bonchev–Trinajstić information content (AvgIpc) is 2.55. The molecule has 0 aliphatic heterocycles. The van der Waals surface area contributed by atoms with Gasteiger partial charge in [-0.1, -0.05) is 44.5 Å². The van der Waals surface area contributed by atoms with Crippen LogP contribution in [0.1, 0.15) is 40.2 Å². The Balaban J connectivity index is 0.000000640. The Labute approximate surface area is 144 Å². The van der Waals surface area contributed by atoms with Gasteiger partial charge in [-0.15, -0.1) is 0 Å². The molecule has 0 bridgehead atoms. The number of allylic oxidation sites excluding steroid dienone is 1. The van der Waals surface area contributed by atoms with Crippen molar-refractivity contribution in [1.29, 1.82) is 0 Å². The molecular formula is C18H29N3O3. The lowest BCUT2D eigenvalue weighted by Gasteiger charge is -2.13. The molecule has 0 fully saturated rings. The van der Waals surface area contributed by atoms with Crippen molar-refractivity contribution in [1.82, 2.24) is 10.2 Å². The fourth-order valence-corrected chi connectivity index (χ4v) is 2.00. The molecule has 0 radical (unpaired) electrons. The second kappa shape index (κ2) is 12.2. The lowest BCUT2D eigenvalue weighted by atomic mass is 10.2. The molecule has 24 heavy (non-hydrogen) atoms. The second-order valence-electron chi connectivity index (χ2n) is 5.44. The van der Waals surface area contributed by atoms with Crippen LogP contribution in [0.15, 0.2) is 35.9 Å². The van der Waals surface area contributed by atoms with Gasteiger partial charge in [-0.3, -0.25) is 14.9 Å². The number of benzene rings is 1. The molecule has 6 nitrogen and oxygen atoms in total. The van der Waals surface area contributed by atoms with Crippen LogP contribution in [0.3, 0.4) is 0 Å². The molecule has 0 atom stereocenters. The quantitative estimate of drug-likeness (QED) is 0.470. The van der Waals surface area contributed by atoms with Gasteiger partial charge in [0.25, 0.3) is 5.69 Å². The van der Waals surface area contributed by atoms with Crippen LogP contribution in [-0.4, -0.2) is 35.4 Å². The summed E-state index contributed by atoms with van der Waals surface area (Å²) in [4.78, 5) is 24.0. The van der Waals surface area contributed by atoms with Gasteiger partial charge >= 0.3 is 0 Å². The molecule has 0 heterocycles. The summed E-state index contributed by atoms with van der Waals surface area (Å²) in [7, 11) is 0. The first-order valence-electron chi connectivity index (χ1n) is 8.22. The van der Waals surface area contributed by atoms with Gasteiger partial charge in [-0.25, -0.2) is 0 Å². The van der Waals surface area contributed by atoms with E-state index in [0.29, 0.717) is 5.56 Å². The Morgan fingerprint density at radius 3 is 2.12 bits per heavy atom. The van der Waals surface area contributed by atoms with Crippen LogP contribution >= 0.6 is 0 Å². The van der Waals surface area contributed by atoms with Crippen LogP contribution < -0.4 is 5.32 Å². The molecule has 1 rings (SSSR count). The SMILES string of the molecule is CC(C)=CC(=O)NCc1ccccc1[N+](=O)[O-].CCN(CC)CC. The lowest BCUT2D eigenvalue weighted by molar-refractivity contribution is -0.385. The zero-order chi connectivity index (χ0) is 18.5. The monoisotopic (exact) mass is 335 g/mol. The standard InChI is InChI=1S/C12H14N2O3.C6H15N/c1-9(2)7-12(15)13-8-10-5-3-4-6-11(10)14(16)17;1-4-7(5-2)6-3/h3-7H,8H2,1-2H3,(H,13,15);4-6H2,1-3H3. The largest absolute Gasteiger partial charge is 0.348 e. The summed E-state index contributed by atoms with van der Waals surface area (Å²) in [6.07, 6.45) is 1.45. The summed E-state index contributed by atoms with van der Waals surface area (Å²) in [6.45, 7) is 13.9. The van der Waals surface area contributed by atoms with Gasteiger partial charge < -0.3 is 10.2 Å². The Hall–Kier alpha value is -2.21. The number of hydrogen-bond acceptors (Lipinski definition) is 4. The van der Waals surface area contributed by atoms with E-state index in [-0.39, 0.29) is 18.1 Å². The summed E-state index contributed by atoms with van der Waals surface area (Å²) in [6, 6.07) is 6.35. The van der Waals surface area contributed by atoms with Crippen molar-refractivity contribution in [2.75, 3.05) is 19.6 Å². The minimum Gasteiger partial charge on any atom is -0.348 e. The van der Waals surface area contributed by atoms with Gasteiger partial charge in [0.05, 0.1) is 4.92 Å². The van der Waals surface area contributed by atoms with Gasteiger partial charge in [-0.2, -0.15) is 0 Å². The van der Waals surface area contributed by atoms with E-state index in [1.165, 1.54) is 31.8 Å². The number of para-hydroxylation sites is 1. The Morgan fingerprint density at radius 1 is 1.17 bits per heavy atom. The molecule has 0 aliphatic rings. The second-order valence-corrected chi connectivity index (χ2v) is 5.44. The number of rotatable bonds is 7. The van der Waals surface area contributed by atoms with Crippen LogP contribution in [0.2, 0.25) is 0 Å². The van der Waals surface area contributed by atoms with E-state index < -0.39 is 4.92 Å². The molecule has 1 aromatic rings. The van der Waals surface area contributed by atoms with Crippen LogP contribution in [0.25, 0.3) is 0 Å². The number of nitro groups is 1. The van der Waals surface area contributed by atoms with Gasteiger partial charge in [0, 0.05) is 24.3 Å². The number of nitrogens with one attached hydrogen (secondary N) is 1. The van der Waals surface area contributed by atoms with E-state index >= 15 is 0 Å². The average molecular weight is 335 g/mol. The van der Waals surface area contributed by atoms with Crippen molar-refractivity contribution < 1.29 is 9.72 Å². The summed E-state index contributed by atoms with van der Waals surface area (Å²) in [5, 5.41) is 13.3. The molecule has 134 valence electrons. The fraction of sp³-hybridized carbons (Fsp3) is 0.500. The van der Waals surface area contributed by atoms with Crippen molar-refractivity contribution in [3.05, 3.63) is 51.6 Å². The Bertz CT molecular complexity index is 543. The number of nitrogens with zero attached hydrogens (tertiary/aromatic N) is 2. The molecule has 0 saturated carbocycles. The fourth-order valence-electron chi connectivity index (χ4n) is 2.00. The number of nitro benzene ring substituents is 1. The van der Waals surface area contributed by atoms with Crippen molar-refractivity contribution in [2.24, 2.45) is 0 Å². The minimum absolute atomic E-state index is 0.0185. The van der Waals surface area contributed by atoms with Crippen LogP contribution in [-0.2, 0) is 11.3 Å². The first-order chi connectivity index (χ1) is 11.3. The zero-order valence-electron chi connectivity index (χ0n) is 15.3. The highest BCUT2D eigenvalue weighted by molar-refractivity contribution is 5.88. The zero-order valence-corrected chi connectivity index (χ0v) is 15.3. The molecule has 0 aromatic heterocycles. The van der Waals surface area contributed by atoms with Crippen LogP contribution in [0.4, 0.5) is 5.69 Å². The predicted octanol–water partition coefficient (Wildman–Crippen LogP) is 3.53. The summed E-state index contributed by atoms with van der Waals surface area (Å²) in [5.41, 5.74) is 1.39. The van der Waals surface area contributed by atoms with Crippen LogP contribution in [0, 0.1) is 10.1 Å². The summed E-state index contributed by atoms with van der Waals surface area (Å²) < 4.78 is 0. The van der Waals surface area contributed by atoms with Crippen molar-refractivity contribution in [3.63, 3.8) is 0 Å². The summed E-state index contributed by atoms with van der Waals surface area (Å²) in [5.74, 6) is -0.247. The van der Waals surface area contributed by atoms with E-state index in [1.54, 1.807) is 18.2 Å². The van der Waals surface area contributed by atoms with E-state index in [4.69, 9.17) is 0 Å². The highest BCUT2D eigenvalue weighted by Crippen LogP contribution is 2.16. The summed E-state index contributed by atoms with van der Waals surface area (Å²) >= 11 is 0. The Kier molecular flexibility index (Phi) is 11.1. The Morgan fingerprint density at radius 2 is 1.71 bits per heavy atom. The highest BCUT2D eigenvalue weighted by atomic mass is 16.6. The van der Waals surface area contributed by atoms with E-state index in [1.807, 2.05) is 13.8 Å². The molecule has 6 heteroatoms. The third kappa shape index (κ3) is 9.05. The van der Waals surface area contributed by atoms with Crippen molar-refractivity contribution in [2.45, 2.75) is 41.2 Å². The molecule has 0 unspecified atom stereocenters.